The van der Waals surface area contributed by atoms with E-state index in [2.05, 4.69) is 16.4 Å². The maximum atomic E-state index is 4.09. The molecule has 0 amide bonds. The van der Waals surface area contributed by atoms with Gasteiger partial charge in [-0.15, -0.1) is 0 Å². The van der Waals surface area contributed by atoms with Crippen molar-refractivity contribution in [1.82, 2.24) is 5.32 Å². The molecule has 1 N–H and O–H groups in total. The van der Waals surface area contributed by atoms with Crippen molar-refractivity contribution in [1.29, 1.82) is 0 Å². The minimum absolute atomic E-state index is 0.527. The third-order valence-electron chi connectivity index (χ3n) is 2.22. The highest BCUT2D eigenvalue weighted by atomic mass is 14.9. The fraction of sp³-hybridized carbons (Fsp3) is 0.625. The largest absolute Gasteiger partial charge is 0.309 e. The van der Waals surface area contributed by atoms with E-state index in [4.69, 9.17) is 0 Å². The molecule has 1 saturated heterocycles. The molecular formula is C8H12N2. The average molecular weight is 136 g/mol. The second kappa shape index (κ2) is 2.54. The van der Waals surface area contributed by atoms with E-state index in [1.807, 2.05) is 12.4 Å². The highest BCUT2D eigenvalue weighted by Gasteiger charge is 2.21. The van der Waals surface area contributed by atoms with Crippen LogP contribution in [0.25, 0.3) is 0 Å². The zero-order chi connectivity index (χ0) is 6.81. The quantitative estimate of drug-likeness (QED) is 0.527. The highest BCUT2D eigenvalue weighted by molar-refractivity contribution is 5.67. The maximum absolute atomic E-state index is 4.09. The molecule has 2 aliphatic rings. The van der Waals surface area contributed by atoms with Gasteiger partial charge in [0.2, 0.25) is 0 Å². The van der Waals surface area contributed by atoms with Gasteiger partial charge in [-0.3, -0.25) is 4.99 Å². The van der Waals surface area contributed by atoms with Crippen LogP contribution in [0.5, 0.6) is 0 Å². The van der Waals surface area contributed by atoms with Gasteiger partial charge in [0.1, 0.15) is 0 Å². The molecule has 1 fully saturated rings. The molecule has 2 heteroatoms. The van der Waals surface area contributed by atoms with Crippen molar-refractivity contribution in [2.24, 2.45) is 10.9 Å². The van der Waals surface area contributed by atoms with Crippen LogP contribution in [0.1, 0.15) is 12.8 Å². The molecule has 2 nitrogen and oxygen atoms in total. The molecule has 2 heterocycles. The number of fused-ring (bicyclic) bond motifs is 1. The van der Waals surface area contributed by atoms with Crippen molar-refractivity contribution in [3.8, 4) is 0 Å². The minimum Gasteiger partial charge on any atom is -0.309 e. The molecule has 2 atom stereocenters. The van der Waals surface area contributed by atoms with Gasteiger partial charge in [-0.1, -0.05) is 6.08 Å². The molecule has 0 aromatic carbocycles. The summed E-state index contributed by atoms with van der Waals surface area (Å²) < 4.78 is 0. The molecule has 0 aromatic heterocycles. The molecule has 2 aliphatic heterocycles. The smallest absolute Gasteiger partial charge is 0.0488 e. The maximum Gasteiger partial charge on any atom is 0.0488 e. The van der Waals surface area contributed by atoms with Crippen LogP contribution < -0.4 is 5.32 Å². The first-order valence-electron chi connectivity index (χ1n) is 3.90. The lowest BCUT2D eigenvalue weighted by Gasteiger charge is -2.28. The zero-order valence-electron chi connectivity index (χ0n) is 5.96. The molecule has 0 saturated carbocycles. The van der Waals surface area contributed by atoms with Crippen molar-refractivity contribution in [3.05, 3.63) is 12.3 Å². The summed E-state index contributed by atoms with van der Waals surface area (Å²) in [6, 6.07) is 0.527. The summed E-state index contributed by atoms with van der Waals surface area (Å²) in [5.74, 6) is 0.714. The molecule has 0 aromatic rings. The number of nitrogens with zero attached hydrogens (tertiary/aromatic N) is 1. The van der Waals surface area contributed by atoms with E-state index in [1.165, 1.54) is 12.8 Å². The summed E-state index contributed by atoms with van der Waals surface area (Å²) in [4.78, 5) is 4.09. The Labute approximate surface area is 61.0 Å². The van der Waals surface area contributed by atoms with Crippen molar-refractivity contribution in [2.45, 2.75) is 18.9 Å². The Kier molecular flexibility index (Phi) is 1.55. The normalized spacial score (nSPS) is 37.6. The van der Waals surface area contributed by atoms with E-state index in [-0.39, 0.29) is 0 Å². The molecule has 0 spiro atoms. The SMILES string of the molecule is C1=CC2CCCNC2C=N1. The third kappa shape index (κ3) is 0.991. The molecule has 0 radical (unpaired) electrons. The van der Waals surface area contributed by atoms with Gasteiger partial charge in [0, 0.05) is 18.5 Å². The summed E-state index contributed by atoms with van der Waals surface area (Å²) in [6.45, 7) is 1.15. The van der Waals surface area contributed by atoms with Gasteiger partial charge in [0.15, 0.2) is 0 Å². The van der Waals surface area contributed by atoms with Gasteiger partial charge < -0.3 is 5.32 Å². The topological polar surface area (TPSA) is 24.4 Å². The molecule has 0 aliphatic carbocycles. The Hall–Kier alpha value is -0.630. The van der Waals surface area contributed by atoms with Crippen molar-refractivity contribution >= 4 is 6.21 Å². The summed E-state index contributed by atoms with van der Waals surface area (Å²) >= 11 is 0. The number of piperidine rings is 1. The third-order valence-corrected chi connectivity index (χ3v) is 2.22. The van der Waals surface area contributed by atoms with Crippen LogP contribution in [0.3, 0.4) is 0 Å². The van der Waals surface area contributed by atoms with Crippen LogP contribution in [0.15, 0.2) is 17.3 Å². The number of aliphatic imine (C=N–C) groups is 1. The van der Waals surface area contributed by atoms with Crippen LogP contribution in [0, 0.1) is 5.92 Å². The molecule has 0 bridgehead atoms. The van der Waals surface area contributed by atoms with Crippen molar-refractivity contribution < 1.29 is 0 Å². The van der Waals surface area contributed by atoms with Gasteiger partial charge in [-0.05, 0) is 25.3 Å². The summed E-state index contributed by atoms with van der Waals surface area (Å²) in [5.41, 5.74) is 0. The number of hydrogen-bond acceptors (Lipinski definition) is 2. The average Bonchev–Trinajstić information content (AvgIpc) is 2.05. The lowest BCUT2D eigenvalue weighted by molar-refractivity contribution is 0.392. The second-order valence-corrected chi connectivity index (χ2v) is 2.93. The van der Waals surface area contributed by atoms with Crippen LogP contribution in [0.4, 0.5) is 0 Å². The Bertz CT molecular complexity index is 152. The van der Waals surface area contributed by atoms with E-state index in [9.17, 15) is 0 Å². The molecular weight excluding hydrogens is 124 g/mol. The Balaban J connectivity index is 2.09. The fourth-order valence-corrected chi connectivity index (χ4v) is 1.62. The monoisotopic (exact) mass is 136 g/mol. The number of hydrogen-bond donors (Lipinski definition) is 1. The summed E-state index contributed by atoms with van der Waals surface area (Å²) in [5, 5.41) is 3.42. The summed E-state index contributed by atoms with van der Waals surface area (Å²) in [7, 11) is 0. The first kappa shape index (κ1) is 6.10. The Morgan fingerprint density at radius 1 is 1.50 bits per heavy atom. The van der Waals surface area contributed by atoms with E-state index < -0.39 is 0 Å². The Morgan fingerprint density at radius 3 is 3.40 bits per heavy atom. The van der Waals surface area contributed by atoms with E-state index in [0.29, 0.717) is 12.0 Å². The van der Waals surface area contributed by atoms with Gasteiger partial charge in [-0.25, -0.2) is 0 Å². The van der Waals surface area contributed by atoms with Crippen LogP contribution in [-0.2, 0) is 0 Å². The molecule has 54 valence electrons. The van der Waals surface area contributed by atoms with Gasteiger partial charge in [0.05, 0.1) is 0 Å². The minimum atomic E-state index is 0.527. The standard InChI is InChI=1S/C8H12N2/c1-2-7-3-5-9-6-8(7)10-4-1/h3,5-8,10H,1-2,4H2. The summed E-state index contributed by atoms with van der Waals surface area (Å²) in [6.07, 6.45) is 8.76. The number of rotatable bonds is 0. The molecule has 2 unspecified atom stereocenters. The lowest BCUT2D eigenvalue weighted by atomic mass is 9.90. The van der Waals surface area contributed by atoms with Crippen molar-refractivity contribution in [2.75, 3.05) is 6.54 Å². The molecule has 10 heavy (non-hydrogen) atoms. The number of nitrogens with one attached hydrogen (secondary N) is 1. The van der Waals surface area contributed by atoms with Crippen LogP contribution >= 0.6 is 0 Å². The van der Waals surface area contributed by atoms with Crippen LogP contribution in [0.2, 0.25) is 0 Å². The first-order chi connectivity index (χ1) is 4.97. The first-order valence-corrected chi connectivity index (χ1v) is 3.90. The van der Waals surface area contributed by atoms with E-state index >= 15 is 0 Å². The van der Waals surface area contributed by atoms with Gasteiger partial charge >= 0.3 is 0 Å². The van der Waals surface area contributed by atoms with Crippen molar-refractivity contribution in [3.63, 3.8) is 0 Å². The van der Waals surface area contributed by atoms with Gasteiger partial charge in [0.25, 0.3) is 0 Å². The predicted octanol–water partition coefficient (Wildman–Crippen LogP) is 0.953. The highest BCUT2D eigenvalue weighted by Crippen LogP contribution is 2.18. The molecule has 2 rings (SSSR count). The van der Waals surface area contributed by atoms with Gasteiger partial charge in [-0.2, -0.15) is 0 Å². The van der Waals surface area contributed by atoms with E-state index in [1.54, 1.807) is 0 Å². The zero-order valence-corrected chi connectivity index (χ0v) is 5.96. The van der Waals surface area contributed by atoms with Crippen LogP contribution in [-0.4, -0.2) is 18.8 Å². The Morgan fingerprint density at radius 2 is 2.50 bits per heavy atom. The lowest BCUT2D eigenvalue weighted by Crippen LogP contribution is -2.42. The second-order valence-electron chi connectivity index (χ2n) is 2.93. The predicted molar refractivity (Wildman–Crippen MR) is 42.1 cm³/mol. The fourth-order valence-electron chi connectivity index (χ4n) is 1.62. The van der Waals surface area contributed by atoms with E-state index in [0.717, 1.165) is 6.54 Å².